The van der Waals surface area contributed by atoms with Gasteiger partial charge in [-0.15, -0.1) is 0 Å². The van der Waals surface area contributed by atoms with Gasteiger partial charge in [0.1, 0.15) is 53.5 Å². The first-order chi connectivity index (χ1) is 30.6. The van der Waals surface area contributed by atoms with Gasteiger partial charge in [0.2, 0.25) is 35.4 Å². The molecule has 64 heavy (non-hydrogen) atoms. The number of rotatable bonds is 9. The summed E-state index contributed by atoms with van der Waals surface area (Å²) in [5.74, 6) is -3.98. The molecule has 2 fully saturated rings. The van der Waals surface area contributed by atoms with Crippen molar-refractivity contribution in [2.75, 3.05) is 19.7 Å². The molecule has 2 saturated heterocycles. The molecule has 0 bridgehead atoms. The van der Waals surface area contributed by atoms with Crippen molar-refractivity contribution in [2.45, 2.75) is 108 Å². The van der Waals surface area contributed by atoms with Crippen molar-refractivity contribution in [3.05, 3.63) is 89.5 Å². The number of carbonyl (C=O) groups is 6. The highest BCUT2D eigenvalue weighted by Gasteiger charge is 2.44. The van der Waals surface area contributed by atoms with E-state index in [9.17, 15) is 49.2 Å². The van der Waals surface area contributed by atoms with Crippen molar-refractivity contribution in [1.29, 1.82) is 0 Å². The summed E-state index contributed by atoms with van der Waals surface area (Å²) in [7, 11) is 0. The summed E-state index contributed by atoms with van der Waals surface area (Å²) < 4.78 is 0. The van der Waals surface area contributed by atoms with Crippen molar-refractivity contribution in [3.8, 4) is 17.2 Å². The summed E-state index contributed by atoms with van der Waals surface area (Å²) in [5, 5.41) is 51.6. The van der Waals surface area contributed by atoms with Crippen molar-refractivity contribution in [3.63, 3.8) is 0 Å². The van der Waals surface area contributed by atoms with Gasteiger partial charge in [-0.1, -0.05) is 57.2 Å². The Labute approximate surface area is 372 Å². The summed E-state index contributed by atoms with van der Waals surface area (Å²) in [5.41, 5.74) is 1.89. The van der Waals surface area contributed by atoms with Gasteiger partial charge >= 0.3 is 0 Å². The lowest BCUT2D eigenvalue weighted by atomic mass is 10.0. The number of amides is 6. The van der Waals surface area contributed by atoms with Crippen LogP contribution in [0.25, 0.3) is 0 Å². The van der Waals surface area contributed by atoms with Crippen LogP contribution < -0.4 is 21.3 Å². The predicted octanol–water partition coefficient (Wildman–Crippen LogP) is 1.49. The largest absolute Gasteiger partial charge is 0.508 e. The maximum atomic E-state index is 14.5. The van der Waals surface area contributed by atoms with Gasteiger partial charge in [0, 0.05) is 38.8 Å². The van der Waals surface area contributed by atoms with E-state index >= 15 is 0 Å². The second-order valence-corrected chi connectivity index (χ2v) is 17.4. The first-order valence-electron chi connectivity index (χ1n) is 21.9. The van der Waals surface area contributed by atoms with Gasteiger partial charge in [-0.05, 0) is 97.0 Å². The molecule has 0 saturated carbocycles. The lowest BCUT2D eigenvalue weighted by Crippen LogP contribution is -2.60. The third kappa shape index (κ3) is 11.9. The number of phenolic OH excluding ortho intramolecular Hbond substituents is 3. The first-order valence-corrected chi connectivity index (χ1v) is 21.9. The van der Waals surface area contributed by atoms with Crippen LogP contribution in [0.4, 0.5) is 0 Å². The van der Waals surface area contributed by atoms with Crippen LogP contribution in [0.2, 0.25) is 0 Å². The molecule has 3 aromatic rings. The summed E-state index contributed by atoms with van der Waals surface area (Å²) in [6.07, 6.45) is 2.42. The molecule has 17 nitrogen and oxygen atoms in total. The molecule has 8 atom stereocenters. The van der Waals surface area contributed by atoms with E-state index in [1.165, 1.54) is 52.4 Å². The third-order valence-corrected chi connectivity index (χ3v) is 12.0. The number of hydrogen-bond acceptors (Lipinski definition) is 11. The van der Waals surface area contributed by atoms with Crippen LogP contribution in [-0.4, -0.2) is 134 Å². The topological polar surface area (TPSA) is 250 Å². The van der Waals surface area contributed by atoms with Crippen LogP contribution in [0.15, 0.2) is 77.8 Å². The van der Waals surface area contributed by atoms with Crippen LogP contribution in [0, 0.1) is 11.8 Å². The monoisotopic (exact) mass is 881 g/mol. The highest BCUT2D eigenvalue weighted by molar-refractivity contribution is 5.98. The Morgan fingerprint density at radius 1 is 0.641 bits per heavy atom. The van der Waals surface area contributed by atoms with Crippen molar-refractivity contribution < 1.29 is 49.2 Å². The number of aromatic hydroxyl groups is 3. The maximum Gasteiger partial charge on any atom is 0.246 e. The molecule has 0 spiro atoms. The number of aliphatic hydroxyl groups is 1. The number of hydrogen-bond donors (Lipinski definition) is 8. The molecule has 3 aromatic carbocycles. The minimum atomic E-state index is -1.31. The molecule has 17 heteroatoms. The van der Waals surface area contributed by atoms with Crippen LogP contribution in [-0.2, 0) is 48.0 Å². The van der Waals surface area contributed by atoms with Crippen molar-refractivity contribution >= 4 is 41.7 Å². The minimum Gasteiger partial charge on any atom is -0.508 e. The van der Waals surface area contributed by atoms with E-state index in [1.807, 2.05) is 6.92 Å². The molecule has 6 amide bonds. The Morgan fingerprint density at radius 3 is 1.77 bits per heavy atom. The number of aliphatic hydroxyl groups excluding tert-OH is 1. The van der Waals surface area contributed by atoms with Gasteiger partial charge in [0.05, 0.1) is 6.04 Å². The molecule has 3 heterocycles. The van der Waals surface area contributed by atoms with Crippen LogP contribution in [0.1, 0.15) is 63.1 Å². The Kier molecular flexibility index (Phi) is 15.6. The minimum absolute atomic E-state index is 0.00194. The molecular formula is C47H59N7O10. The van der Waals surface area contributed by atoms with Gasteiger partial charge in [-0.3, -0.25) is 33.8 Å². The van der Waals surface area contributed by atoms with E-state index in [2.05, 4.69) is 21.3 Å². The first kappa shape index (κ1) is 47.0. The number of carbonyl (C=O) groups excluding carboxylic acids is 6. The Morgan fingerprint density at radius 2 is 1.19 bits per heavy atom. The smallest absolute Gasteiger partial charge is 0.246 e. The summed E-state index contributed by atoms with van der Waals surface area (Å²) in [4.78, 5) is 93.7. The lowest BCUT2D eigenvalue weighted by molar-refractivity contribution is -0.145. The zero-order valence-corrected chi connectivity index (χ0v) is 36.4. The highest BCUT2D eigenvalue weighted by atomic mass is 16.3. The number of benzene rings is 3. The highest BCUT2D eigenvalue weighted by Crippen LogP contribution is 2.27. The fourth-order valence-corrected chi connectivity index (χ4v) is 8.57. The SMILES string of the molecule is CC(C)[C@@H]1NC(=O)[C@@H]2CCCN2C(=O)[C@@H](CCO)NC(=O)[C@@H](Cc2ccc(O)cc2)NC(=O)[C@H](Cc2ccc(O)cc2)N=C[C@@H](Cc2ccc(O)cc2)NC(=O)[C@@H]2C[C@H](C)CN2C1=O. The molecule has 6 rings (SSSR count). The van der Waals surface area contributed by atoms with Crippen molar-refractivity contribution in [1.82, 2.24) is 31.1 Å². The van der Waals surface area contributed by atoms with E-state index in [0.29, 0.717) is 29.5 Å². The average Bonchev–Trinajstić information content (AvgIpc) is 3.92. The molecule has 0 aliphatic carbocycles. The Balaban J connectivity index is 1.43. The fourth-order valence-electron chi connectivity index (χ4n) is 8.57. The van der Waals surface area contributed by atoms with Gasteiger partial charge in [-0.25, -0.2) is 0 Å². The zero-order valence-electron chi connectivity index (χ0n) is 36.4. The molecule has 0 radical (unpaired) electrons. The average molecular weight is 882 g/mol. The van der Waals surface area contributed by atoms with Crippen LogP contribution >= 0.6 is 0 Å². The third-order valence-electron chi connectivity index (χ3n) is 12.0. The van der Waals surface area contributed by atoms with Crippen LogP contribution in [0.3, 0.4) is 0 Å². The molecule has 0 aromatic heterocycles. The number of fused-ring (bicyclic) bond motifs is 2. The number of aliphatic imine (C=N–C) groups is 1. The molecule has 3 aliphatic rings. The zero-order chi connectivity index (χ0) is 46.1. The second-order valence-electron chi connectivity index (χ2n) is 17.4. The van der Waals surface area contributed by atoms with Crippen molar-refractivity contribution in [2.24, 2.45) is 16.8 Å². The molecule has 3 aliphatic heterocycles. The van der Waals surface area contributed by atoms with Gasteiger partial charge in [0.25, 0.3) is 0 Å². The van der Waals surface area contributed by atoms with Crippen LogP contribution in [0.5, 0.6) is 17.2 Å². The predicted molar refractivity (Wildman–Crippen MR) is 236 cm³/mol. The molecule has 0 unspecified atom stereocenters. The number of nitrogens with zero attached hydrogens (tertiary/aromatic N) is 3. The summed E-state index contributed by atoms with van der Waals surface area (Å²) >= 11 is 0. The summed E-state index contributed by atoms with van der Waals surface area (Å²) in [6.45, 7) is 5.44. The molecular weight excluding hydrogens is 823 g/mol. The number of nitrogens with one attached hydrogen (secondary N) is 4. The molecule has 8 N–H and O–H groups in total. The molecule has 342 valence electrons. The quantitative estimate of drug-likeness (QED) is 0.154. The second kappa shape index (κ2) is 21.3. The van der Waals surface area contributed by atoms with E-state index in [1.54, 1.807) is 50.2 Å². The van der Waals surface area contributed by atoms with E-state index in [0.717, 1.165) is 0 Å². The lowest BCUT2D eigenvalue weighted by Gasteiger charge is -2.33. The Bertz CT molecular complexity index is 2170. The van der Waals surface area contributed by atoms with Gasteiger partial charge in [0.15, 0.2) is 0 Å². The van der Waals surface area contributed by atoms with E-state index in [-0.39, 0.29) is 68.4 Å². The summed E-state index contributed by atoms with van der Waals surface area (Å²) in [6, 6.07) is 11.0. The standard InChI is InChI=1S/C47H59N7O10/c1-27(2)41-47(64)54-26-28(3)21-40(54)45(62)49-32(22-29-6-12-33(56)13-7-29)25-48-37(23-30-8-14-34(57)15-9-30)42(59)51-38(24-31-10-16-35(58)17-11-31)43(60)50-36(18-20-55)46(63)53-19-4-5-39(53)44(61)52-41/h6-17,25,27-28,32,36-41,55-58H,4-5,18-24,26H2,1-3H3,(H,49,62)(H,50,60)(H,51,59)(H,52,61)/t28-,32+,36+,37-,38+,39-,40-,41-/m0/s1. The Hall–Kier alpha value is -6.49. The van der Waals surface area contributed by atoms with E-state index < -0.39 is 90.3 Å². The number of phenols is 3. The normalized spacial score (nSPS) is 26.4. The van der Waals surface area contributed by atoms with E-state index in [4.69, 9.17) is 4.99 Å². The fraction of sp³-hybridized carbons (Fsp3) is 0.468. The maximum absolute atomic E-state index is 14.5. The van der Waals surface area contributed by atoms with Gasteiger partial charge < -0.3 is 51.5 Å². The van der Waals surface area contributed by atoms with Gasteiger partial charge in [-0.2, -0.15) is 0 Å².